The highest BCUT2D eigenvalue weighted by Gasteiger charge is 2.48. The summed E-state index contributed by atoms with van der Waals surface area (Å²) in [5.41, 5.74) is 13.9. The molecule has 3 aromatic heterocycles. The number of methoxy groups -OCH3 is 1. The topological polar surface area (TPSA) is 132 Å². The molecule has 9 nitrogen and oxygen atoms in total. The zero-order chi connectivity index (χ0) is 40.4. The summed E-state index contributed by atoms with van der Waals surface area (Å²) in [5.74, 6) is -1.12. The molecule has 5 atom stereocenters. The van der Waals surface area contributed by atoms with Crippen LogP contribution in [0.5, 0.6) is 0 Å². The smallest absolute Gasteiger partial charge is 0.316 e. The number of hydrogen-bond acceptors (Lipinski definition) is 6. The Morgan fingerprint density at radius 1 is 0.893 bits per heavy atom. The highest BCUT2D eigenvalue weighted by Crippen LogP contribution is 2.52. The summed E-state index contributed by atoms with van der Waals surface area (Å²) < 4.78 is 11.1. The van der Waals surface area contributed by atoms with Crippen LogP contribution in [0.3, 0.4) is 0 Å². The second kappa shape index (κ2) is 17.3. The molecular formula is C47H64N4O5. The van der Waals surface area contributed by atoms with Crippen LogP contribution in [0.15, 0.2) is 23.0 Å². The van der Waals surface area contributed by atoms with Gasteiger partial charge in [-0.3, -0.25) is 9.59 Å². The lowest BCUT2D eigenvalue weighted by Gasteiger charge is -2.21. The number of rotatable bonds is 14. The van der Waals surface area contributed by atoms with Crippen LogP contribution in [0.4, 0.5) is 0 Å². The number of aliphatic hydroxyl groups excluding tert-OH is 1. The fourth-order valence-electron chi connectivity index (χ4n) is 9.51. The highest BCUT2D eigenvalue weighted by molar-refractivity contribution is 5.95. The van der Waals surface area contributed by atoms with Crippen LogP contribution in [-0.2, 0) is 31.9 Å². The molecule has 2 aliphatic heterocycles. The van der Waals surface area contributed by atoms with Crippen molar-refractivity contribution >= 4 is 35.7 Å². The number of esters is 2. The minimum absolute atomic E-state index is 0.0279. The highest BCUT2D eigenvalue weighted by atomic mass is 16.5. The van der Waals surface area contributed by atoms with Gasteiger partial charge in [0.15, 0.2) is 0 Å². The second-order valence-electron chi connectivity index (χ2n) is 16.5. The molecule has 9 heteroatoms. The first kappa shape index (κ1) is 41.1. The molecule has 0 unspecified atom stereocenters. The quantitative estimate of drug-likeness (QED) is 0.0835. The van der Waals surface area contributed by atoms with Gasteiger partial charge in [-0.1, -0.05) is 59.5 Å². The number of ether oxygens (including phenoxy) is 2. The van der Waals surface area contributed by atoms with Gasteiger partial charge in [-0.2, -0.15) is 0 Å². The van der Waals surface area contributed by atoms with Gasteiger partial charge >= 0.3 is 11.9 Å². The molecule has 5 N–H and O–H groups in total. The largest absolute Gasteiger partial charge is 0.468 e. The Labute approximate surface area is 332 Å². The number of aromatic amines is 3. The maximum Gasteiger partial charge on any atom is 0.316 e. The van der Waals surface area contributed by atoms with E-state index in [-0.39, 0.29) is 30.8 Å². The molecule has 56 heavy (non-hydrogen) atoms. The lowest BCUT2D eigenvalue weighted by Crippen LogP contribution is -2.24. The summed E-state index contributed by atoms with van der Waals surface area (Å²) in [5, 5.41) is 17.8. The monoisotopic (exact) mass is 764 g/mol. The van der Waals surface area contributed by atoms with Crippen LogP contribution >= 0.6 is 0 Å². The zero-order valence-corrected chi connectivity index (χ0v) is 35.3. The molecule has 1 fully saturated rings. The van der Waals surface area contributed by atoms with E-state index in [0.717, 1.165) is 82.0 Å². The Morgan fingerprint density at radius 2 is 1.61 bits per heavy atom. The summed E-state index contributed by atoms with van der Waals surface area (Å²) in [7, 11) is 1.37. The van der Waals surface area contributed by atoms with Crippen molar-refractivity contribution in [3.05, 3.63) is 89.9 Å². The molecule has 0 radical (unpaired) electrons. The first-order valence-electron chi connectivity index (χ1n) is 21.0. The van der Waals surface area contributed by atoms with Gasteiger partial charge in [0.05, 0.1) is 18.9 Å². The second-order valence-corrected chi connectivity index (χ2v) is 16.5. The Hall–Kier alpha value is -4.50. The Morgan fingerprint density at radius 3 is 2.30 bits per heavy atom. The number of hydrogen-bond donors (Lipinski definition) is 5. The molecule has 0 aromatic carbocycles. The molecule has 1 aliphatic carbocycles. The summed E-state index contributed by atoms with van der Waals surface area (Å²) in [4.78, 5) is 38.0. The van der Waals surface area contributed by atoms with E-state index < -0.39 is 18.0 Å². The van der Waals surface area contributed by atoms with Crippen LogP contribution in [-0.4, -0.2) is 45.7 Å². The summed E-state index contributed by atoms with van der Waals surface area (Å²) in [6.07, 6.45) is 15.8. The summed E-state index contributed by atoms with van der Waals surface area (Å²) in [6.45, 7) is 19.8. The minimum Gasteiger partial charge on any atom is -0.468 e. The van der Waals surface area contributed by atoms with Crippen molar-refractivity contribution in [2.24, 2.45) is 23.7 Å². The number of nitrogens with one attached hydrogen (secondary N) is 4. The normalized spacial score (nSPS) is 24.1. The lowest BCUT2D eigenvalue weighted by molar-refractivity contribution is -0.146. The molecule has 3 aliphatic rings. The maximum absolute atomic E-state index is 13.6. The van der Waals surface area contributed by atoms with Crippen molar-refractivity contribution in [1.29, 1.82) is 0 Å². The molecule has 5 heterocycles. The fraction of sp³-hybridized carbons (Fsp3) is 0.532. The van der Waals surface area contributed by atoms with Crippen LogP contribution in [0, 0.1) is 44.4 Å². The van der Waals surface area contributed by atoms with Gasteiger partial charge in [0.25, 0.3) is 0 Å². The van der Waals surface area contributed by atoms with Gasteiger partial charge in [0, 0.05) is 68.6 Å². The summed E-state index contributed by atoms with van der Waals surface area (Å²) in [6, 6.07) is 0. The predicted octanol–water partition coefficient (Wildman–Crippen LogP) is 8.01. The van der Waals surface area contributed by atoms with Crippen LogP contribution in [0.1, 0.15) is 149 Å². The lowest BCUT2D eigenvalue weighted by atomic mass is 9.84. The van der Waals surface area contributed by atoms with Crippen molar-refractivity contribution in [2.75, 3.05) is 13.7 Å². The van der Waals surface area contributed by atoms with Crippen LogP contribution in [0.25, 0.3) is 23.8 Å². The number of H-pyrrole nitrogens is 3. The van der Waals surface area contributed by atoms with Crippen molar-refractivity contribution < 1.29 is 24.2 Å². The molecule has 302 valence electrons. The van der Waals surface area contributed by atoms with Gasteiger partial charge in [-0.15, -0.1) is 0 Å². The van der Waals surface area contributed by atoms with Crippen LogP contribution in [0.2, 0.25) is 0 Å². The van der Waals surface area contributed by atoms with Crippen LogP contribution < -0.4 is 16.0 Å². The van der Waals surface area contributed by atoms with E-state index in [4.69, 9.17) is 9.47 Å². The molecule has 0 saturated carbocycles. The first-order chi connectivity index (χ1) is 26.8. The van der Waals surface area contributed by atoms with Gasteiger partial charge in [0.1, 0.15) is 12.5 Å². The summed E-state index contributed by atoms with van der Waals surface area (Å²) >= 11 is 0. The minimum atomic E-state index is -1.10. The van der Waals surface area contributed by atoms with Gasteiger partial charge < -0.3 is 34.8 Å². The van der Waals surface area contributed by atoms with Gasteiger partial charge in [-0.25, -0.2) is 0 Å². The molecule has 0 amide bonds. The zero-order valence-electron chi connectivity index (χ0n) is 35.3. The van der Waals surface area contributed by atoms with E-state index in [9.17, 15) is 14.7 Å². The van der Waals surface area contributed by atoms with Crippen molar-refractivity contribution in [3.8, 4) is 0 Å². The third-order valence-electron chi connectivity index (χ3n) is 12.9. The predicted molar refractivity (Wildman–Crippen MR) is 225 cm³/mol. The van der Waals surface area contributed by atoms with E-state index in [1.165, 1.54) is 54.2 Å². The number of aromatic nitrogens is 3. The number of carbonyl (C=O) groups is 2. The molecular weight excluding hydrogens is 701 g/mol. The molecule has 1 saturated heterocycles. The van der Waals surface area contributed by atoms with E-state index >= 15 is 0 Å². The average Bonchev–Trinajstić information content (AvgIpc) is 3.91. The van der Waals surface area contributed by atoms with E-state index in [1.54, 1.807) is 0 Å². The van der Waals surface area contributed by atoms with Crippen molar-refractivity contribution in [3.63, 3.8) is 0 Å². The van der Waals surface area contributed by atoms with Gasteiger partial charge in [0.2, 0.25) is 0 Å². The third kappa shape index (κ3) is 7.89. The number of fused-ring (bicyclic) bond motifs is 7. The maximum atomic E-state index is 13.6. The first-order valence-corrected chi connectivity index (χ1v) is 21.0. The number of aliphatic hydroxyl groups is 1. The Kier molecular flexibility index (Phi) is 12.7. The van der Waals surface area contributed by atoms with E-state index in [0.29, 0.717) is 17.6 Å². The Balaban J connectivity index is 1.41. The third-order valence-corrected chi connectivity index (χ3v) is 12.9. The van der Waals surface area contributed by atoms with Crippen molar-refractivity contribution in [1.82, 2.24) is 20.3 Å². The number of allylic oxidation sites excluding steroid dienone is 3. The molecule has 3 aromatic rings. The van der Waals surface area contributed by atoms with Crippen molar-refractivity contribution in [2.45, 2.75) is 126 Å². The molecule has 8 bridgehead atoms. The molecule has 0 spiro atoms. The fourth-order valence-corrected chi connectivity index (χ4v) is 9.51. The Bertz CT molecular complexity index is 2190. The van der Waals surface area contributed by atoms with E-state index in [1.807, 2.05) is 13.0 Å². The van der Waals surface area contributed by atoms with Gasteiger partial charge in [-0.05, 0) is 118 Å². The average molecular weight is 765 g/mol. The SMILES string of the molecule is CCC[C@H](C)CCC/C(C)=C/COC(=O)CC[C@@H]1/C2=C3/c4[nH]c(c(C)c4[C@H](O)[C@@H]3C(=O)OC)/C=c3\[nH]/c(c(C)c3CC)=C\c3[nH]c(c(C)c3CC)/C=C(\N2)[C@H]1C. The number of carbonyl (C=O) groups excluding carboxylic acids is 2. The molecule has 6 rings (SSSR count). The van der Waals surface area contributed by atoms with E-state index in [2.05, 4.69) is 93.9 Å². The standard InChI is InChI=1S/C47H64N4O5/c1-11-15-25(4)16-14-17-26(5)20-21-56-40(52)19-18-33-29(8)36-22-34-27(6)31(12-2)38(48-34)23-35-28(7)32(13-3)39(49-35)24-37-30(9)41-45(51-37)42(44(33)50-36)43(46(41)53)47(54)55-10/h20,22-25,29,33,43,46,48-51,53H,11-19,21H2,1-10H3/b26-20+,35-23-,36-22-,39-24-,44-42-/t25-,29-,33-,43+,46-/m0/s1.